The third-order valence-corrected chi connectivity index (χ3v) is 5.52. The Morgan fingerprint density at radius 3 is 2.76 bits per heavy atom. The average Bonchev–Trinajstić information content (AvgIpc) is 2.94. The summed E-state index contributed by atoms with van der Waals surface area (Å²) in [7, 11) is 0. The molecule has 0 aromatic heterocycles. The quantitative estimate of drug-likeness (QED) is 0.795. The van der Waals surface area contributed by atoms with E-state index in [4.69, 9.17) is 11.6 Å². The summed E-state index contributed by atoms with van der Waals surface area (Å²) in [5.74, 6) is -0.488. The number of hydrogen-bond donors (Lipinski definition) is 1. The van der Waals surface area contributed by atoms with Gasteiger partial charge in [-0.15, -0.1) is 0 Å². The van der Waals surface area contributed by atoms with Crippen LogP contribution in [0.3, 0.4) is 0 Å². The van der Waals surface area contributed by atoms with Crippen LogP contribution in [-0.2, 0) is 16.1 Å². The molecule has 0 bridgehead atoms. The number of nitrogens with one attached hydrogen (secondary N) is 1. The van der Waals surface area contributed by atoms with Crippen molar-refractivity contribution in [2.75, 3.05) is 11.9 Å². The van der Waals surface area contributed by atoms with E-state index in [1.165, 1.54) is 0 Å². The van der Waals surface area contributed by atoms with Crippen LogP contribution < -0.4 is 5.32 Å². The average molecular weight is 422 g/mol. The van der Waals surface area contributed by atoms with Gasteiger partial charge in [-0.3, -0.25) is 9.59 Å². The fraction of sp³-hybridized carbons (Fsp3) is 0.263. The van der Waals surface area contributed by atoms with Gasteiger partial charge in [0.2, 0.25) is 11.8 Å². The van der Waals surface area contributed by atoms with Gasteiger partial charge in [-0.25, -0.2) is 0 Å². The van der Waals surface area contributed by atoms with E-state index < -0.39 is 0 Å². The molecule has 1 aliphatic heterocycles. The number of halogens is 2. The summed E-state index contributed by atoms with van der Waals surface area (Å²) in [6.45, 7) is 2.87. The normalized spacial score (nSPS) is 17.0. The van der Waals surface area contributed by atoms with Crippen molar-refractivity contribution in [2.24, 2.45) is 5.92 Å². The van der Waals surface area contributed by atoms with Crippen molar-refractivity contribution in [3.63, 3.8) is 0 Å². The highest BCUT2D eigenvalue weighted by molar-refractivity contribution is 9.10. The van der Waals surface area contributed by atoms with Crippen molar-refractivity contribution in [3.05, 3.63) is 63.1 Å². The highest BCUT2D eigenvalue weighted by Crippen LogP contribution is 2.30. The molecule has 1 heterocycles. The maximum atomic E-state index is 12.6. The number of nitrogens with zero attached hydrogens (tertiary/aromatic N) is 1. The molecule has 1 atom stereocenters. The molecular formula is C19H18BrClN2O2. The van der Waals surface area contributed by atoms with Gasteiger partial charge in [0.25, 0.3) is 0 Å². The molecule has 1 aliphatic rings. The Bertz CT molecular complexity index is 811. The second-order valence-corrected chi connectivity index (χ2v) is 7.49. The summed E-state index contributed by atoms with van der Waals surface area (Å²) in [6, 6.07) is 13.4. The largest absolute Gasteiger partial charge is 0.338 e. The molecular weight excluding hydrogens is 404 g/mol. The van der Waals surface area contributed by atoms with Crippen molar-refractivity contribution in [1.29, 1.82) is 0 Å². The van der Waals surface area contributed by atoms with Crippen LogP contribution in [0.25, 0.3) is 0 Å². The van der Waals surface area contributed by atoms with Crippen LogP contribution in [-0.4, -0.2) is 23.3 Å². The van der Waals surface area contributed by atoms with Crippen LogP contribution in [0.2, 0.25) is 5.02 Å². The molecule has 3 rings (SSSR count). The molecule has 0 aliphatic carbocycles. The lowest BCUT2D eigenvalue weighted by molar-refractivity contribution is -0.128. The van der Waals surface area contributed by atoms with E-state index in [-0.39, 0.29) is 24.2 Å². The number of carbonyl (C=O) groups excluding carboxylic acids is 2. The van der Waals surface area contributed by atoms with E-state index in [0.717, 1.165) is 15.6 Å². The molecule has 25 heavy (non-hydrogen) atoms. The Morgan fingerprint density at radius 1 is 1.32 bits per heavy atom. The molecule has 0 spiro atoms. The number of anilines is 1. The van der Waals surface area contributed by atoms with E-state index in [9.17, 15) is 9.59 Å². The number of likely N-dealkylation sites (tertiary alicyclic amines) is 1. The molecule has 4 nitrogen and oxygen atoms in total. The standard InChI is InChI=1S/C19H18BrClN2O2/c1-12-7-15(20)16(21)9-17(12)22-19(25)14-8-18(24)23(11-14)10-13-5-3-2-4-6-13/h2-7,9,14H,8,10-11H2,1H3,(H,22,25)/t14-/m0/s1. The Labute approximate surface area is 160 Å². The third-order valence-electron chi connectivity index (χ3n) is 4.33. The molecule has 6 heteroatoms. The highest BCUT2D eigenvalue weighted by atomic mass is 79.9. The Morgan fingerprint density at radius 2 is 2.04 bits per heavy atom. The number of rotatable bonds is 4. The molecule has 130 valence electrons. The van der Waals surface area contributed by atoms with Crippen LogP contribution in [0.5, 0.6) is 0 Å². The minimum absolute atomic E-state index is 0.00886. The monoisotopic (exact) mass is 420 g/mol. The van der Waals surface area contributed by atoms with E-state index in [2.05, 4.69) is 21.2 Å². The fourth-order valence-corrected chi connectivity index (χ4v) is 3.54. The zero-order valence-electron chi connectivity index (χ0n) is 13.8. The minimum atomic E-state index is -0.349. The van der Waals surface area contributed by atoms with Crippen molar-refractivity contribution in [3.8, 4) is 0 Å². The fourth-order valence-electron chi connectivity index (χ4n) is 2.92. The lowest BCUT2D eigenvalue weighted by Crippen LogP contribution is -2.28. The first-order chi connectivity index (χ1) is 11.9. The first-order valence-corrected chi connectivity index (χ1v) is 9.19. The zero-order chi connectivity index (χ0) is 18.0. The topological polar surface area (TPSA) is 49.4 Å². The second kappa shape index (κ2) is 7.58. The van der Waals surface area contributed by atoms with E-state index in [1.807, 2.05) is 43.3 Å². The van der Waals surface area contributed by atoms with Crippen molar-refractivity contribution < 1.29 is 9.59 Å². The van der Waals surface area contributed by atoms with E-state index in [0.29, 0.717) is 23.8 Å². The highest BCUT2D eigenvalue weighted by Gasteiger charge is 2.34. The maximum Gasteiger partial charge on any atom is 0.229 e. The zero-order valence-corrected chi connectivity index (χ0v) is 16.1. The Kier molecular flexibility index (Phi) is 5.45. The van der Waals surface area contributed by atoms with Gasteiger partial charge in [-0.05, 0) is 46.1 Å². The summed E-state index contributed by atoms with van der Waals surface area (Å²) >= 11 is 9.47. The first-order valence-electron chi connectivity index (χ1n) is 8.02. The summed E-state index contributed by atoms with van der Waals surface area (Å²) in [5.41, 5.74) is 2.65. The summed E-state index contributed by atoms with van der Waals surface area (Å²) in [5, 5.41) is 3.44. The van der Waals surface area contributed by atoms with Gasteiger partial charge in [0.1, 0.15) is 0 Å². The number of carbonyl (C=O) groups is 2. The maximum absolute atomic E-state index is 12.6. The number of benzene rings is 2. The lowest BCUT2D eigenvalue weighted by atomic mass is 10.1. The number of hydrogen-bond acceptors (Lipinski definition) is 2. The first kappa shape index (κ1) is 18.0. The van der Waals surface area contributed by atoms with Gasteiger partial charge in [0, 0.05) is 29.7 Å². The Hall–Kier alpha value is -1.85. The van der Waals surface area contributed by atoms with Gasteiger partial charge in [-0.2, -0.15) is 0 Å². The predicted octanol–water partition coefficient (Wildman–Crippen LogP) is 4.40. The summed E-state index contributed by atoms with van der Waals surface area (Å²) in [4.78, 5) is 26.5. The molecule has 2 aromatic rings. The van der Waals surface area contributed by atoms with Gasteiger partial charge in [0.15, 0.2) is 0 Å². The lowest BCUT2D eigenvalue weighted by Gasteiger charge is -2.17. The number of amides is 2. The molecule has 1 saturated heterocycles. The molecule has 2 amide bonds. The molecule has 0 saturated carbocycles. The molecule has 0 unspecified atom stereocenters. The SMILES string of the molecule is Cc1cc(Br)c(Cl)cc1NC(=O)[C@H]1CC(=O)N(Cc2ccccc2)C1. The van der Waals surface area contributed by atoms with Gasteiger partial charge >= 0.3 is 0 Å². The Balaban J connectivity index is 1.66. The second-order valence-electron chi connectivity index (χ2n) is 6.23. The smallest absolute Gasteiger partial charge is 0.229 e. The predicted molar refractivity (Wildman–Crippen MR) is 102 cm³/mol. The van der Waals surface area contributed by atoms with Crippen LogP contribution in [0.1, 0.15) is 17.5 Å². The van der Waals surface area contributed by atoms with Gasteiger partial charge in [0.05, 0.1) is 10.9 Å². The van der Waals surface area contributed by atoms with Crippen molar-refractivity contribution >= 4 is 45.0 Å². The minimum Gasteiger partial charge on any atom is -0.338 e. The molecule has 2 aromatic carbocycles. The molecule has 0 radical (unpaired) electrons. The van der Waals surface area contributed by atoms with E-state index in [1.54, 1.807) is 11.0 Å². The van der Waals surface area contributed by atoms with Crippen LogP contribution >= 0.6 is 27.5 Å². The van der Waals surface area contributed by atoms with Crippen molar-refractivity contribution in [1.82, 2.24) is 4.90 Å². The van der Waals surface area contributed by atoms with Crippen molar-refractivity contribution in [2.45, 2.75) is 19.9 Å². The van der Waals surface area contributed by atoms with Gasteiger partial charge < -0.3 is 10.2 Å². The number of aryl methyl sites for hydroxylation is 1. The summed E-state index contributed by atoms with van der Waals surface area (Å²) < 4.78 is 0.787. The van der Waals surface area contributed by atoms with Crippen LogP contribution in [0.4, 0.5) is 5.69 Å². The van der Waals surface area contributed by atoms with Gasteiger partial charge in [-0.1, -0.05) is 41.9 Å². The van der Waals surface area contributed by atoms with Crippen LogP contribution in [0, 0.1) is 12.8 Å². The summed E-state index contributed by atoms with van der Waals surface area (Å²) in [6.07, 6.45) is 0.238. The van der Waals surface area contributed by atoms with Crippen LogP contribution in [0.15, 0.2) is 46.9 Å². The van der Waals surface area contributed by atoms with E-state index >= 15 is 0 Å². The molecule has 1 N–H and O–H groups in total. The third kappa shape index (κ3) is 4.22. The molecule has 1 fully saturated rings.